The molecule has 1 atom stereocenters. The third-order valence-electron chi connectivity index (χ3n) is 2.52. The highest BCUT2D eigenvalue weighted by molar-refractivity contribution is 6.42. The molecule has 0 bridgehead atoms. The summed E-state index contributed by atoms with van der Waals surface area (Å²) in [7, 11) is 0. The summed E-state index contributed by atoms with van der Waals surface area (Å²) >= 11 is 11.9. The number of tetrazole rings is 1. The molecule has 1 unspecified atom stereocenters. The van der Waals surface area contributed by atoms with E-state index in [1.54, 1.807) is 25.1 Å². The molecule has 0 aliphatic rings. The van der Waals surface area contributed by atoms with Gasteiger partial charge >= 0.3 is 0 Å². The van der Waals surface area contributed by atoms with E-state index in [1.165, 1.54) is 4.80 Å². The molecule has 0 saturated carbocycles. The van der Waals surface area contributed by atoms with Crippen LogP contribution >= 0.6 is 23.2 Å². The summed E-state index contributed by atoms with van der Waals surface area (Å²) in [5.41, 5.74) is 0.581. The number of halogens is 2. The number of nitrogens with zero attached hydrogens (tertiary/aromatic N) is 4. The van der Waals surface area contributed by atoms with E-state index in [0.717, 1.165) is 0 Å². The zero-order valence-electron chi connectivity index (χ0n) is 15.1. The van der Waals surface area contributed by atoms with Crippen molar-refractivity contribution in [3.05, 3.63) is 39.6 Å². The molecule has 0 radical (unpaired) electrons. The topological polar surface area (TPSA) is 55.6 Å². The summed E-state index contributed by atoms with van der Waals surface area (Å²) in [4.78, 5) is 1.23. The van der Waals surface area contributed by atoms with E-state index in [9.17, 15) is 0 Å². The summed E-state index contributed by atoms with van der Waals surface area (Å²) in [6.07, 6.45) is -0.251. The highest BCUT2D eigenvalue weighted by atomic mass is 35.5. The van der Waals surface area contributed by atoms with E-state index in [2.05, 4.69) is 15.4 Å². The Hall–Kier alpha value is -1.17. The second-order valence-corrected chi connectivity index (χ2v) is 4.67. The third kappa shape index (κ3) is 3.43. The maximum Gasteiger partial charge on any atom is 0.171 e. The van der Waals surface area contributed by atoms with Crippen molar-refractivity contribution in [2.24, 2.45) is 0 Å². The molecule has 102 valence electrons. The van der Waals surface area contributed by atoms with Gasteiger partial charge in [0.1, 0.15) is 0 Å². The lowest BCUT2D eigenvalue weighted by Gasteiger charge is -2.16. The lowest BCUT2D eigenvalue weighted by molar-refractivity contribution is 0.421. The van der Waals surface area contributed by atoms with Crippen molar-refractivity contribution in [3.63, 3.8) is 0 Å². The Bertz CT molecular complexity index is 718. The molecule has 0 fully saturated rings. The van der Waals surface area contributed by atoms with Crippen LogP contribution in [0.15, 0.2) is 18.2 Å². The van der Waals surface area contributed by atoms with Crippen molar-refractivity contribution in [3.8, 4) is 0 Å². The highest BCUT2D eigenvalue weighted by Gasteiger charge is 2.17. The average molecular weight is 305 g/mol. The SMILES string of the molecule is [2H]C([2H])([2H])NC([2H])([2H])CC(c1ccc(Cl)c(Cl)c1)n1nnc(C)n1. The molecule has 0 aliphatic heterocycles. The second-order valence-electron chi connectivity index (χ2n) is 3.85. The zero-order valence-corrected chi connectivity index (χ0v) is 11.6. The summed E-state index contributed by atoms with van der Waals surface area (Å²) < 4.78 is 37.5. The van der Waals surface area contributed by atoms with Gasteiger partial charge in [0.15, 0.2) is 5.82 Å². The fourth-order valence-electron chi connectivity index (χ4n) is 1.63. The summed E-state index contributed by atoms with van der Waals surface area (Å²) in [5.74, 6) is 0.407. The first-order chi connectivity index (χ1) is 11.0. The van der Waals surface area contributed by atoms with Gasteiger partial charge in [-0.25, -0.2) is 0 Å². The maximum absolute atomic E-state index is 7.96. The summed E-state index contributed by atoms with van der Waals surface area (Å²) in [6.45, 7) is -3.19. The van der Waals surface area contributed by atoms with Crippen LogP contribution in [0.2, 0.25) is 10.0 Å². The normalized spacial score (nSPS) is 17.9. The van der Waals surface area contributed by atoms with Crippen LogP contribution in [0.3, 0.4) is 0 Å². The molecular formula is C12H15Cl2N5. The molecule has 2 aromatic rings. The van der Waals surface area contributed by atoms with Gasteiger partial charge in [-0.3, -0.25) is 0 Å². The largest absolute Gasteiger partial charge is 0.320 e. The Labute approximate surface area is 128 Å². The van der Waals surface area contributed by atoms with Gasteiger partial charge in [0.05, 0.1) is 16.1 Å². The number of rotatable bonds is 5. The van der Waals surface area contributed by atoms with Gasteiger partial charge in [-0.15, -0.1) is 10.2 Å². The fourth-order valence-corrected chi connectivity index (χ4v) is 1.94. The average Bonchev–Trinajstić information content (AvgIpc) is 2.83. The molecule has 1 heterocycles. The van der Waals surface area contributed by atoms with E-state index in [0.29, 0.717) is 21.4 Å². The number of hydrogen-bond acceptors (Lipinski definition) is 4. The molecule has 19 heavy (non-hydrogen) atoms. The predicted octanol–water partition coefficient (Wildman–Crippen LogP) is 2.49. The zero-order chi connectivity index (χ0) is 18.1. The molecule has 0 aliphatic carbocycles. The van der Waals surface area contributed by atoms with Crippen LogP contribution in [-0.2, 0) is 0 Å². The maximum atomic E-state index is 7.96. The first-order valence-electron chi connectivity index (χ1n) is 7.97. The van der Waals surface area contributed by atoms with E-state index in [-0.39, 0.29) is 6.42 Å². The minimum Gasteiger partial charge on any atom is -0.320 e. The van der Waals surface area contributed by atoms with E-state index < -0.39 is 19.5 Å². The molecule has 5 nitrogen and oxygen atoms in total. The van der Waals surface area contributed by atoms with Gasteiger partial charge < -0.3 is 5.32 Å². The standard InChI is InChI=1S/C12H15Cl2N5/c1-8-16-18-19(17-8)12(5-6-15-2)9-3-4-10(13)11(14)7-9/h3-4,7,12,15H,5-6H2,1-2H3/i2D3,6D2. The first-order valence-corrected chi connectivity index (χ1v) is 6.23. The number of benzene rings is 1. The van der Waals surface area contributed by atoms with Gasteiger partial charge in [0.2, 0.25) is 0 Å². The minimum absolute atomic E-state index is 0.251. The van der Waals surface area contributed by atoms with Gasteiger partial charge in [0.25, 0.3) is 0 Å². The van der Waals surface area contributed by atoms with Crippen molar-refractivity contribution in [2.75, 3.05) is 13.5 Å². The van der Waals surface area contributed by atoms with Gasteiger partial charge in [0, 0.05) is 6.85 Å². The Kier molecular flexibility index (Phi) is 2.96. The van der Waals surface area contributed by atoms with Crippen molar-refractivity contribution in [1.82, 2.24) is 25.5 Å². The first kappa shape index (κ1) is 8.89. The van der Waals surface area contributed by atoms with Crippen LogP contribution in [0.4, 0.5) is 0 Å². The van der Waals surface area contributed by atoms with Crippen molar-refractivity contribution in [1.29, 1.82) is 0 Å². The summed E-state index contributed by atoms with van der Waals surface area (Å²) in [6, 6.07) is 4.08. The second kappa shape index (κ2) is 6.32. The van der Waals surface area contributed by atoms with E-state index in [1.807, 2.05) is 5.32 Å². The lowest BCUT2D eigenvalue weighted by atomic mass is 10.0. The Balaban J connectivity index is 2.38. The Morgan fingerprint density at radius 3 is 2.95 bits per heavy atom. The number of nitrogens with one attached hydrogen (secondary N) is 1. The summed E-state index contributed by atoms with van der Waals surface area (Å²) in [5, 5.41) is 14.4. The molecule has 2 rings (SSSR count). The van der Waals surface area contributed by atoms with Crippen molar-refractivity contribution < 1.29 is 6.85 Å². The molecule has 0 saturated heterocycles. The molecule has 1 N–H and O–H groups in total. The van der Waals surface area contributed by atoms with Crippen LogP contribution < -0.4 is 5.32 Å². The van der Waals surface area contributed by atoms with Crippen LogP contribution in [0.1, 0.15) is 30.7 Å². The Morgan fingerprint density at radius 2 is 2.32 bits per heavy atom. The molecule has 7 heteroatoms. The third-order valence-corrected chi connectivity index (χ3v) is 3.26. The smallest absolute Gasteiger partial charge is 0.171 e. The van der Waals surface area contributed by atoms with Gasteiger partial charge in [-0.05, 0) is 49.7 Å². The van der Waals surface area contributed by atoms with Gasteiger partial charge in [-0.1, -0.05) is 29.3 Å². The Morgan fingerprint density at radius 1 is 1.47 bits per heavy atom. The minimum atomic E-state index is -2.63. The number of hydrogen-bond donors (Lipinski definition) is 1. The number of aryl methyl sites for hydroxylation is 1. The molecule has 0 spiro atoms. The molecule has 1 aromatic carbocycles. The van der Waals surface area contributed by atoms with E-state index in [4.69, 9.17) is 30.1 Å². The van der Waals surface area contributed by atoms with Crippen LogP contribution in [0.25, 0.3) is 0 Å². The van der Waals surface area contributed by atoms with Gasteiger partial charge in [-0.2, -0.15) is 4.80 Å². The lowest BCUT2D eigenvalue weighted by Crippen LogP contribution is -2.20. The van der Waals surface area contributed by atoms with Crippen molar-refractivity contribution >= 4 is 23.2 Å². The van der Waals surface area contributed by atoms with Crippen LogP contribution in [0, 0.1) is 6.92 Å². The van der Waals surface area contributed by atoms with Crippen molar-refractivity contribution in [2.45, 2.75) is 19.4 Å². The molecule has 0 amide bonds. The van der Waals surface area contributed by atoms with E-state index >= 15 is 0 Å². The molecule has 1 aromatic heterocycles. The quantitative estimate of drug-likeness (QED) is 0.922. The fraction of sp³-hybridized carbons (Fsp3) is 0.417. The predicted molar refractivity (Wildman–Crippen MR) is 75.7 cm³/mol. The van der Waals surface area contributed by atoms with Crippen LogP contribution in [0.5, 0.6) is 0 Å². The molecular weight excluding hydrogens is 285 g/mol. The monoisotopic (exact) mass is 304 g/mol. The number of aromatic nitrogens is 4. The highest BCUT2D eigenvalue weighted by Crippen LogP contribution is 2.28. The van der Waals surface area contributed by atoms with Crippen LogP contribution in [-0.4, -0.2) is 33.7 Å².